The molecule has 96 valence electrons. The lowest BCUT2D eigenvalue weighted by molar-refractivity contribution is 0.0721. The van der Waals surface area contributed by atoms with E-state index in [1.165, 1.54) is 12.8 Å². The van der Waals surface area contributed by atoms with Gasteiger partial charge in [-0.2, -0.15) is 0 Å². The molecule has 1 rings (SSSR count). The summed E-state index contributed by atoms with van der Waals surface area (Å²) in [5.74, 6) is 0. The summed E-state index contributed by atoms with van der Waals surface area (Å²) >= 11 is 0. The molecule has 0 spiro atoms. The van der Waals surface area contributed by atoms with Crippen LogP contribution < -0.4 is 0 Å². The van der Waals surface area contributed by atoms with Gasteiger partial charge in [0.1, 0.15) is 0 Å². The van der Waals surface area contributed by atoms with Crippen LogP contribution in [0.3, 0.4) is 0 Å². The molecule has 3 heteroatoms. The normalized spacial score (nSPS) is 22.9. The van der Waals surface area contributed by atoms with Crippen LogP contribution in [0.1, 0.15) is 46.0 Å². The molecule has 0 amide bonds. The van der Waals surface area contributed by atoms with Crippen LogP contribution in [0.15, 0.2) is 0 Å². The van der Waals surface area contributed by atoms with Crippen molar-refractivity contribution in [1.29, 1.82) is 0 Å². The number of hydrogen-bond acceptors (Lipinski definition) is 3. The molecule has 1 fully saturated rings. The minimum Gasteiger partial charge on any atom is -0.393 e. The average molecular weight is 229 g/mol. The fourth-order valence-corrected chi connectivity index (χ4v) is 2.21. The third kappa shape index (κ3) is 5.28. The number of rotatable bonds is 8. The Morgan fingerprint density at radius 3 is 2.81 bits per heavy atom. The predicted octanol–water partition coefficient (Wildman–Crippen LogP) is 2.04. The second-order valence-electron chi connectivity index (χ2n) is 4.73. The maximum Gasteiger partial charge on any atom is 0.0702 e. The van der Waals surface area contributed by atoms with Gasteiger partial charge in [-0.15, -0.1) is 0 Å². The summed E-state index contributed by atoms with van der Waals surface area (Å²) < 4.78 is 5.64. The summed E-state index contributed by atoms with van der Waals surface area (Å²) in [6, 6.07) is 0. The summed E-state index contributed by atoms with van der Waals surface area (Å²) in [4.78, 5) is 2.44. The molecular formula is C13H27NO2. The first-order valence-electron chi connectivity index (χ1n) is 6.78. The van der Waals surface area contributed by atoms with Gasteiger partial charge in [0.25, 0.3) is 0 Å². The summed E-state index contributed by atoms with van der Waals surface area (Å²) in [5, 5.41) is 9.48. The van der Waals surface area contributed by atoms with Crippen LogP contribution in [0.25, 0.3) is 0 Å². The van der Waals surface area contributed by atoms with Crippen LogP contribution in [0.5, 0.6) is 0 Å². The van der Waals surface area contributed by atoms with Crippen LogP contribution in [0.2, 0.25) is 0 Å². The SMILES string of the molecule is CCC(O)CCCN(CC)CC1CCCO1. The second kappa shape index (κ2) is 8.04. The second-order valence-corrected chi connectivity index (χ2v) is 4.73. The first-order chi connectivity index (χ1) is 7.76. The van der Waals surface area contributed by atoms with Gasteiger partial charge >= 0.3 is 0 Å². The molecule has 0 aromatic heterocycles. The standard InChI is InChI=1S/C13H27NO2/c1-3-12(15)7-5-9-14(4-2)11-13-8-6-10-16-13/h12-13,15H,3-11H2,1-2H3. The Kier molecular flexibility index (Phi) is 7.01. The largest absolute Gasteiger partial charge is 0.393 e. The van der Waals surface area contributed by atoms with E-state index in [4.69, 9.17) is 4.74 Å². The van der Waals surface area contributed by atoms with Crippen molar-refractivity contribution in [3.05, 3.63) is 0 Å². The van der Waals surface area contributed by atoms with Crippen molar-refractivity contribution in [2.24, 2.45) is 0 Å². The first kappa shape index (κ1) is 13.9. The molecule has 1 aliphatic heterocycles. The third-order valence-corrected chi connectivity index (χ3v) is 3.42. The molecule has 1 aliphatic rings. The number of aliphatic hydroxyl groups excluding tert-OH is 1. The third-order valence-electron chi connectivity index (χ3n) is 3.42. The van der Waals surface area contributed by atoms with E-state index in [9.17, 15) is 5.11 Å². The fourth-order valence-electron chi connectivity index (χ4n) is 2.21. The van der Waals surface area contributed by atoms with Crippen LogP contribution in [0.4, 0.5) is 0 Å². The highest BCUT2D eigenvalue weighted by molar-refractivity contribution is 4.70. The summed E-state index contributed by atoms with van der Waals surface area (Å²) in [7, 11) is 0. The number of nitrogens with zero attached hydrogens (tertiary/aromatic N) is 1. The Balaban J connectivity index is 2.10. The van der Waals surface area contributed by atoms with E-state index < -0.39 is 0 Å². The number of likely N-dealkylation sites (N-methyl/N-ethyl adjacent to an activating group) is 1. The molecule has 1 saturated heterocycles. The molecule has 3 nitrogen and oxygen atoms in total. The summed E-state index contributed by atoms with van der Waals surface area (Å²) in [5.41, 5.74) is 0. The number of aliphatic hydroxyl groups is 1. The van der Waals surface area contributed by atoms with Gasteiger partial charge in [-0.05, 0) is 45.2 Å². The monoisotopic (exact) mass is 229 g/mol. The van der Waals surface area contributed by atoms with Crippen LogP contribution in [-0.2, 0) is 4.74 Å². The predicted molar refractivity (Wildman–Crippen MR) is 66.6 cm³/mol. The van der Waals surface area contributed by atoms with E-state index in [1.54, 1.807) is 0 Å². The average Bonchev–Trinajstić information content (AvgIpc) is 2.80. The Labute approximate surface area is 99.8 Å². The van der Waals surface area contributed by atoms with Crippen LogP contribution in [-0.4, -0.2) is 48.5 Å². The van der Waals surface area contributed by atoms with Crippen molar-refractivity contribution in [3.8, 4) is 0 Å². The first-order valence-corrected chi connectivity index (χ1v) is 6.78. The lowest BCUT2D eigenvalue weighted by Gasteiger charge is -2.23. The zero-order valence-electron chi connectivity index (χ0n) is 10.8. The molecule has 2 unspecified atom stereocenters. The van der Waals surface area contributed by atoms with E-state index in [2.05, 4.69) is 11.8 Å². The van der Waals surface area contributed by atoms with E-state index in [0.717, 1.165) is 45.5 Å². The molecule has 1 heterocycles. The summed E-state index contributed by atoms with van der Waals surface area (Å²) in [6.45, 7) is 8.42. The smallest absolute Gasteiger partial charge is 0.0702 e. The van der Waals surface area contributed by atoms with Crippen molar-refractivity contribution < 1.29 is 9.84 Å². The lowest BCUT2D eigenvalue weighted by atomic mass is 10.1. The maximum atomic E-state index is 9.48. The van der Waals surface area contributed by atoms with Crippen molar-refractivity contribution in [1.82, 2.24) is 4.90 Å². The zero-order valence-corrected chi connectivity index (χ0v) is 10.8. The van der Waals surface area contributed by atoms with Gasteiger partial charge in [0.05, 0.1) is 12.2 Å². The summed E-state index contributed by atoms with van der Waals surface area (Å²) in [6.07, 6.45) is 5.68. The van der Waals surface area contributed by atoms with Crippen molar-refractivity contribution >= 4 is 0 Å². The minimum absolute atomic E-state index is 0.110. The molecule has 0 radical (unpaired) electrons. The number of ether oxygens (including phenoxy) is 1. The maximum absolute atomic E-state index is 9.48. The Hall–Kier alpha value is -0.120. The van der Waals surface area contributed by atoms with Gasteiger partial charge in [-0.1, -0.05) is 13.8 Å². The van der Waals surface area contributed by atoms with E-state index >= 15 is 0 Å². The van der Waals surface area contributed by atoms with Crippen LogP contribution in [0, 0.1) is 0 Å². The molecule has 0 aromatic rings. The Morgan fingerprint density at radius 1 is 1.44 bits per heavy atom. The lowest BCUT2D eigenvalue weighted by Crippen LogP contribution is -2.33. The Morgan fingerprint density at radius 2 is 2.25 bits per heavy atom. The van der Waals surface area contributed by atoms with Gasteiger partial charge in [0.15, 0.2) is 0 Å². The van der Waals surface area contributed by atoms with E-state index in [-0.39, 0.29) is 6.10 Å². The van der Waals surface area contributed by atoms with E-state index in [0.29, 0.717) is 6.10 Å². The molecule has 0 aromatic carbocycles. The van der Waals surface area contributed by atoms with Crippen molar-refractivity contribution in [2.45, 2.75) is 58.2 Å². The highest BCUT2D eigenvalue weighted by atomic mass is 16.5. The molecular weight excluding hydrogens is 202 g/mol. The zero-order chi connectivity index (χ0) is 11.8. The molecule has 0 aliphatic carbocycles. The van der Waals surface area contributed by atoms with Gasteiger partial charge in [-0.25, -0.2) is 0 Å². The van der Waals surface area contributed by atoms with Gasteiger partial charge in [0, 0.05) is 13.2 Å². The fraction of sp³-hybridized carbons (Fsp3) is 1.00. The highest BCUT2D eigenvalue weighted by Crippen LogP contribution is 2.13. The van der Waals surface area contributed by atoms with E-state index in [1.807, 2.05) is 6.92 Å². The van der Waals surface area contributed by atoms with Gasteiger partial charge in [-0.3, -0.25) is 0 Å². The molecule has 0 bridgehead atoms. The van der Waals surface area contributed by atoms with Crippen molar-refractivity contribution in [2.75, 3.05) is 26.2 Å². The molecule has 2 atom stereocenters. The highest BCUT2D eigenvalue weighted by Gasteiger charge is 2.18. The molecule has 16 heavy (non-hydrogen) atoms. The van der Waals surface area contributed by atoms with Gasteiger partial charge < -0.3 is 14.7 Å². The topological polar surface area (TPSA) is 32.7 Å². The van der Waals surface area contributed by atoms with Crippen molar-refractivity contribution in [3.63, 3.8) is 0 Å². The molecule has 1 N–H and O–H groups in total. The van der Waals surface area contributed by atoms with Crippen LogP contribution >= 0.6 is 0 Å². The quantitative estimate of drug-likeness (QED) is 0.691. The molecule has 0 saturated carbocycles. The Bertz CT molecular complexity index is 169. The minimum atomic E-state index is -0.110. The van der Waals surface area contributed by atoms with Gasteiger partial charge in [0.2, 0.25) is 0 Å². The number of hydrogen-bond donors (Lipinski definition) is 1.